The Balaban J connectivity index is 1.60. The van der Waals surface area contributed by atoms with Crippen LogP contribution in [0.2, 0.25) is 0 Å². The van der Waals surface area contributed by atoms with Gasteiger partial charge in [0.25, 0.3) is 26.0 Å². The summed E-state index contributed by atoms with van der Waals surface area (Å²) in [7, 11) is -8.86. The predicted octanol–water partition coefficient (Wildman–Crippen LogP) is 2.03. The van der Waals surface area contributed by atoms with Crippen LogP contribution in [0.15, 0.2) is 76.5 Å². The highest BCUT2D eigenvalue weighted by Crippen LogP contribution is 2.35. The van der Waals surface area contributed by atoms with Crippen molar-refractivity contribution in [3.63, 3.8) is 0 Å². The average molecular weight is 432 g/mol. The topological polar surface area (TPSA) is 110 Å². The molecule has 0 bridgehead atoms. The summed E-state index contributed by atoms with van der Waals surface area (Å²) in [6.45, 7) is 1.40. The molecule has 1 N–H and O–H groups in total. The Hall–Kier alpha value is -2.95. The molecule has 3 aromatic rings. The van der Waals surface area contributed by atoms with Crippen LogP contribution in [0, 0.1) is 0 Å². The van der Waals surface area contributed by atoms with Crippen molar-refractivity contribution in [1.82, 2.24) is 9.25 Å². The van der Waals surface area contributed by atoms with E-state index >= 15 is 0 Å². The molecule has 10 heteroatoms. The maximum atomic E-state index is 12.6. The summed E-state index contributed by atoms with van der Waals surface area (Å²) in [5.74, 6) is -0.501. The van der Waals surface area contributed by atoms with E-state index in [1.807, 2.05) is 35.8 Å². The largest absolute Gasteiger partial charge is 0.480 e. The number of amides is 1. The van der Waals surface area contributed by atoms with Crippen molar-refractivity contribution in [2.24, 2.45) is 0 Å². The third kappa shape index (κ3) is 3.15. The Morgan fingerprint density at radius 1 is 0.862 bits per heavy atom. The molecule has 1 atom stereocenters. The summed E-state index contributed by atoms with van der Waals surface area (Å²) in [5.41, 5.74) is 1.97. The van der Waals surface area contributed by atoms with E-state index in [0.717, 1.165) is 10.8 Å². The Kier molecular flexibility index (Phi) is 4.56. The van der Waals surface area contributed by atoms with E-state index in [1.165, 1.54) is 31.2 Å². The van der Waals surface area contributed by atoms with Crippen molar-refractivity contribution in [1.29, 1.82) is 0 Å². The minimum absolute atomic E-state index is 0.00401. The molecular formula is C19H16N2O6S2. The lowest BCUT2D eigenvalue weighted by Gasteiger charge is -2.19. The molecule has 1 heterocycles. The summed E-state index contributed by atoms with van der Waals surface area (Å²) in [5, 5.41) is 1.67. The summed E-state index contributed by atoms with van der Waals surface area (Å²) in [6, 6.07) is 17.9. The highest BCUT2D eigenvalue weighted by molar-refractivity contribution is 8.06. The van der Waals surface area contributed by atoms with Gasteiger partial charge >= 0.3 is 0 Å². The summed E-state index contributed by atoms with van der Waals surface area (Å²) in [4.78, 5) is 11.8. The molecule has 1 amide bonds. The number of hydrogen-bond donors (Lipinski definition) is 1. The number of sulfonamides is 2. The number of hydrogen-bond acceptors (Lipinski definition) is 6. The molecule has 1 aliphatic rings. The van der Waals surface area contributed by atoms with E-state index < -0.39 is 32.1 Å². The lowest BCUT2D eigenvalue weighted by atomic mass is 10.1. The Labute approximate surface area is 167 Å². The molecule has 0 saturated heterocycles. The van der Waals surface area contributed by atoms with Crippen LogP contribution in [0.25, 0.3) is 10.8 Å². The van der Waals surface area contributed by atoms with Gasteiger partial charge in [0.2, 0.25) is 0 Å². The lowest BCUT2D eigenvalue weighted by Crippen LogP contribution is -2.50. The fourth-order valence-corrected chi connectivity index (χ4v) is 7.10. The first-order chi connectivity index (χ1) is 13.7. The number of rotatable bonds is 4. The molecule has 0 unspecified atom stereocenters. The number of benzene rings is 3. The second-order valence-electron chi connectivity index (χ2n) is 6.37. The third-order valence-corrected chi connectivity index (χ3v) is 8.65. The molecule has 0 aromatic heterocycles. The van der Waals surface area contributed by atoms with Gasteiger partial charge in [0, 0.05) is 9.21 Å². The average Bonchev–Trinajstić information content (AvgIpc) is 2.86. The number of nitrogens with zero attached hydrogens (tertiary/aromatic N) is 1. The molecular weight excluding hydrogens is 416 g/mol. The van der Waals surface area contributed by atoms with Crippen LogP contribution in [0.3, 0.4) is 0 Å². The van der Waals surface area contributed by atoms with E-state index in [9.17, 15) is 21.6 Å². The molecule has 8 nitrogen and oxygen atoms in total. The van der Waals surface area contributed by atoms with Crippen LogP contribution >= 0.6 is 0 Å². The first-order valence-corrected chi connectivity index (χ1v) is 11.5. The number of carbonyl (C=O) groups excluding carboxylic acids is 1. The van der Waals surface area contributed by atoms with Gasteiger partial charge < -0.3 is 4.74 Å². The van der Waals surface area contributed by atoms with E-state index in [4.69, 9.17) is 4.74 Å². The number of nitrogens with one attached hydrogen (secondary N) is 1. The Bertz CT molecular complexity index is 1280. The molecule has 0 spiro atoms. The predicted molar refractivity (Wildman–Crippen MR) is 105 cm³/mol. The summed E-state index contributed by atoms with van der Waals surface area (Å²) in [6.07, 6.45) is -1.16. The highest BCUT2D eigenvalue weighted by Gasteiger charge is 2.48. The molecule has 0 fully saturated rings. The van der Waals surface area contributed by atoms with E-state index in [0.29, 0.717) is 5.75 Å². The number of ether oxygens (including phenoxy) is 1. The highest BCUT2D eigenvalue weighted by atomic mass is 32.3. The SMILES string of the molecule is C[C@H](Oc1cccc2ccccc12)C(=O)NN1S(=O)(=O)c2ccccc2S1(=O)=O. The van der Waals surface area contributed by atoms with Crippen LogP contribution in [0.5, 0.6) is 5.75 Å². The van der Waals surface area contributed by atoms with Crippen molar-refractivity contribution >= 4 is 36.7 Å². The van der Waals surface area contributed by atoms with Crippen LogP contribution < -0.4 is 10.2 Å². The first kappa shape index (κ1) is 19.4. The number of carbonyl (C=O) groups is 1. The molecule has 29 heavy (non-hydrogen) atoms. The zero-order valence-corrected chi connectivity index (χ0v) is 16.8. The normalized spacial score (nSPS) is 18.1. The molecule has 0 aliphatic carbocycles. The quantitative estimate of drug-likeness (QED) is 0.676. The zero-order chi connectivity index (χ0) is 20.8. The fourth-order valence-electron chi connectivity index (χ4n) is 3.03. The summed E-state index contributed by atoms with van der Waals surface area (Å²) < 4.78 is 56.0. The minimum Gasteiger partial charge on any atom is -0.480 e. The molecule has 1 aliphatic heterocycles. The second-order valence-corrected chi connectivity index (χ2v) is 10.1. The van der Waals surface area contributed by atoms with Crippen molar-refractivity contribution in [2.75, 3.05) is 0 Å². The molecule has 3 aromatic carbocycles. The Morgan fingerprint density at radius 2 is 1.41 bits per heavy atom. The van der Waals surface area contributed by atoms with Crippen molar-refractivity contribution in [3.05, 3.63) is 66.7 Å². The molecule has 0 saturated carbocycles. The molecule has 4 rings (SSSR count). The van der Waals surface area contributed by atoms with E-state index in [2.05, 4.69) is 0 Å². The second kappa shape index (κ2) is 6.83. The first-order valence-electron chi connectivity index (χ1n) is 8.57. The van der Waals surface area contributed by atoms with Crippen molar-refractivity contribution < 1.29 is 26.4 Å². The van der Waals surface area contributed by atoms with Crippen molar-refractivity contribution in [3.8, 4) is 5.75 Å². The van der Waals surface area contributed by atoms with Gasteiger partial charge in [-0.2, -0.15) is 0 Å². The van der Waals surface area contributed by atoms with Crippen molar-refractivity contribution in [2.45, 2.75) is 22.8 Å². The smallest absolute Gasteiger partial charge is 0.276 e. The maximum Gasteiger partial charge on any atom is 0.276 e. The van der Waals surface area contributed by atoms with E-state index in [1.54, 1.807) is 12.1 Å². The van der Waals surface area contributed by atoms with E-state index in [-0.39, 0.29) is 13.6 Å². The lowest BCUT2D eigenvalue weighted by molar-refractivity contribution is -0.129. The maximum absolute atomic E-state index is 12.6. The van der Waals surface area contributed by atoms with Gasteiger partial charge in [-0.25, -0.2) is 16.8 Å². The number of hydrazine groups is 1. The number of fused-ring (bicyclic) bond motifs is 2. The molecule has 150 valence electrons. The van der Waals surface area contributed by atoms with Crippen LogP contribution in [0.1, 0.15) is 6.92 Å². The van der Waals surface area contributed by atoms with Gasteiger partial charge in [-0.1, -0.05) is 48.5 Å². The standard InChI is InChI=1S/C19H16N2O6S2/c1-13(27-16-10-6-8-14-7-2-3-9-15(14)16)19(22)20-21-28(23,24)17-11-4-5-12-18(17)29(21,25)26/h2-13H,1H3,(H,20,22)/t13-/m0/s1. The monoisotopic (exact) mass is 432 g/mol. The van der Waals surface area contributed by atoms with Gasteiger partial charge in [-0.15, -0.1) is 0 Å². The van der Waals surface area contributed by atoms with Gasteiger partial charge in [0.15, 0.2) is 6.10 Å². The van der Waals surface area contributed by atoms with Crippen LogP contribution in [-0.2, 0) is 24.8 Å². The van der Waals surface area contributed by atoms with Crippen LogP contribution in [-0.4, -0.2) is 32.7 Å². The van der Waals surface area contributed by atoms with Gasteiger partial charge in [-0.05, 0) is 30.5 Å². The van der Waals surface area contributed by atoms with Crippen LogP contribution in [0.4, 0.5) is 0 Å². The van der Waals surface area contributed by atoms with Gasteiger partial charge in [0.1, 0.15) is 15.5 Å². The third-order valence-electron chi connectivity index (χ3n) is 4.47. The Morgan fingerprint density at radius 3 is 2.07 bits per heavy atom. The minimum atomic E-state index is -4.43. The zero-order valence-electron chi connectivity index (χ0n) is 15.1. The molecule has 0 radical (unpaired) electrons. The van der Waals surface area contributed by atoms with Gasteiger partial charge in [0.05, 0.1) is 0 Å². The summed E-state index contributed by atoms with van der Waals surface area (Å²) >= 11 is 0. The van der Waals surface area contributed by atoms with Gasteiger partial charge in [-0.3, -0.25) is 10.2 Å². The fraction of sp³-hybridized carbons (Fsp3) is 0.105.